The predicted molar refractivity (Wildman–Crippen MR) is 68.1 cm³/mol. The van der Waals surface area contributed by atoms with Gasteiger partial charge in [0.15, 0.2) is 0 Å². The maximum Gasteiger partial charge on any atom is 0.0801 e. The highest BCUT2D eigenvalue weighted by molar-refractivity contribution is 6.31. The van der Waals surface area contributed by atoms with Crippen molar-refractivity contribution in [3.63, 3.8) is 0 Å². The summed E-state index contributed by atoms with van der Waals surface area (Å²) < 4.78 is 5.67. The third-order valence-corrected chi connectivity index (χ3v) is 2.99. The number of benzene rings is 1. The predicted octanol–water partition coefficient (Wildman–Crippen LogP) is 2.54. The van der Waals surface area contributed by atoms with Gasteiger partial charge in [-0.2, -0.15) is 0 Å². The molecule has 0 radical (unpaired) electrons. The van der Waals surface area contributed by atoms with Crippen LogP contribution in [0.5, 0.6) is 0 Å². The third kappa shape index (κ3) is 2.42. The van der Waals surface area contributed by atoms with Crippen LogP contribution in [0, 0.1) is 0 Å². The van der Waals surface area contributed by atoms with Crippen molar-refractivity contribution in [2.45, 2.75) is 19.4 Å². The fourth-order valence-corrected chi connectivity index (χ4v) is 2.18. The normalized spacial score (nSPS) is 19.8. The van der Waals surface area contributed by atoms with Gasteiger partial charge in [-0.05, 0) is 32.0 Å². The molecular weight excluding hydrogens is 224 g/mol. The summed E-state index contributed by atoms with van der Waals surface area (Å²) in [5.41, 5.74) is 7.61. The highest BCUT2D eigenvalue weighted by atomic mass is 35.5. The largest absolute Gasteiger partial charge is 0.397 e. The number of nitrogens with two attached hydrogens (primary N) is 1. The lowest BCUT2D eigenvalue weighted by Gasteiger charge is -2.39. The van der Waals surface area contributed by atoms with E-state index < -0.39 is 0 Å². The first-order valence-electron chi connectivity index (χ1n) is 5.42. The monoisotopic (exact) mass is 240 g/mol. The highest BCUT2D eigenvalue weighted by Gasteiger charge is 2.28. The Hall–Kier alpha value is -0.930. The maximum atomic E-state index is 5.99. The van der Waals surface area contributed by atoms with Gasteiger partial charge >= 0.3 is 0 Å². The molecular formula is C12H17ClN2O. The van der Waals surface area contributed by atoms with Crippen LogP contribution in [-0.4, -0.2) is 25.3 Å². The van der Waals surface area contributed by atoms with Crippen LogP contribution in [0.2, 0.25) is 5.02 Å². The van der Waals surface area contributed by atoms with Gasteiger partial charge in [0, 0.05) is 18.1 Å². The molecule has 0 aliphatic carbocycles. The van der Waals surface area contributed by atoms with Gasteiger partial charge in [0.2, 0.25) is 0 Å². The van der Waals surface area contributed by atoms with Crippen molar-refractivity contribution in [2.24, 2.45) is 0 Å². The summed E-state index contributed by atoms with van der Waals surface area (Å²) in [6.45, 7) is 6.57. The minimum atomic E-state index is -0.132. The maximum absolute atomic E-state index is 5.99. The smallest absolute Gasteiger partial charge is 0.0801 e. The number of hydrogen-bond donors (Lipinski definition) is 1. The van der Waals surface area contributed by atoms with E-state index in [1.54, 1.807) is 0 Å². The SMILES string of the molecule is CC1(C)CN(c2cc(Cl)ccc2N)CCO1. The number of morpholine rings is 1. The first-order valence-corrected chi connectivity index (χ1v) is 5.80. The fraction of sp³-hybridized carbons (Fsp3) is 0.500. The van der Waals surface area contributed by atoms with Crippen LogP contribution in [0.4, 0.5) is 11.4 Å². The molecule has 1 aliphatic heterocycles. The van der Waals surface area contributed by atoms with Crippen LogP contribution in [0.25, 0.3) is 0 Å². The summed E-state index contributed by atoms with van der Waals surface area (Å²) in [4.78, 5) is 2.23. The molecule has 88 valence electrons. The lowest BCUT2D eigenvalue weighted by atomic mass is 10.1. The zero-order chi connectivity index (χ0) is 11.8. The topological polar surface area (TPSA) is 38.5 Å². The molecule has 0 saturated carbocycles. The zero-order valence-electron chi connectivity index (χ0n) is 9.66. The van der Waals surface area contributed by atoms with E-state index in [0.717, 1.165) is 31.1 Å². The fourth-order valence-electron chi connectivity index (χ4n) is 2.01. The number of rotatable bonds is 1. The average molecular weight is 241 g/mol. The number of halogens is 1. The van der Waals surface area contributed by atoms with Crippen LogP contribution in [-0.2, 0) is 4.74 Å². The summed E-state index contributed by atoms with van der Waals surface area (Å²) in [6.07, 6.45) is 0. The van der Waals surface area contributed by atoms with Crippen molar-refractivity contribution in [1.29, 1.82) is 0 Å². The van der Waals surface area contributed by atoms with Crippen molar-refractivity contribution in [3.05, 3.63) is 23.2 Å². The van der Waals surface area contributed by atoms with Crippen LogP contribution in [0.3, 0.4) is 0 Å². The Balaban J connectivity index is 2.26. The van der Waals surface area contributed by atoms with Gasteiger partial charge < -0.3 is 15.4 Å². The zero-order valence-corrected chi connectivity index (χ0v) is 10.4. The van der Waals surface area contributed by atoms with E-state index in [0.29, 0.717) is 5.02 Å². The second-order valence-corrected chi connectivity index (χ2v) is 5.17. The summed E-state index contributed by atoms with van der Waals surface area (Å²) in [7, 11) is 0. The molecule has 0 atom stereocenters. The first kappa shape index (κ1) is 11.6. The van der Waals surface area contributed by atoms with Crippen LogP contribution >= 0.6 is 11.6 Å². The number of hydrogen-bond acceptors (Lipinski definition) is 3. The summed E-state index contributed by atoms with van der Waals surface area (Å²) in [5.74, 6) is 0. The van der Waals surface area contributed by atoms with E-state index in [-0.39, 0.29) is 5.60 Å². The molecule has 16 heavy (non-hydrogen) atoms. The molecule has 2 rings (SSSR count). The van der Waals surface area contributed by atoms with E-state index in [1.165, 1.54) is 0 Å². The first-order chi connectivity index (χ1) is 7.48. The number of anilines is 2. The molecule has 1 fully saturated rings. The van der Waals surface area contributed by atoms with Gasteiger partial charge in [0.25, 0.3) is 0 Å². The Morgan fingerprint density at radius 2 is 2.19 bits per heavy atom. The molecule has 1 heterocycles. The average Bonchev–Trinajstić information content (AvgIpc) is 2.20. The Kier molecular flexibility index (Phi) is 3.00. The van der Waals surface area contributed by atoms with Gasteiger partial charge in [0.1, 0.15) is 0 Å². The minimum Gasteiger partial charge on any atom is -0.397 e. The molecule has 0 aromatic heterocycles. The molecule has 1 aromatic rings. The van der Waals surface area contributed by atoms with E-state index in [1.807, 2.05) is 18.2 Å². The minimum absolute atomic E-state index is 0.132. The Labute approximate surface area is 101 Å². The van der Waals surface area contributed by atoms with E-state index >= 15 is 0 Å². The quantitative estimate of drug-likeness (QED) is 0.767. The summed E-state index contributed by atoms with van der Waals surface area (Å²) >= 11 is 5.99. The summed E-state index contributed by atoms with van der Waals surface area (Å²) in [5, 5.41) is 0.716. The lowest BCUT2D eigenvalue weighted by Crippen LogP contribution is -2.48. The van der Waals surface area contributed by atoms with Gasteiger partial charge in [-0.15, -0.1) is 0 Å². The molecule has 1 aliphatic rings. The molecule has 3 nitrogen and oxygen atoms in total. The Bertz CT molecular complexity index is 393. The van der Waals surface area contributed by atoms with Crippen molar-refractivity contribution < 1.29 is 4.74 Å². The van der Waals surface area contributed by atoms with Crippen molar-refractivity contribution in [2.75, 3.05) is 30.3 Å². The van der Waals surface area contributed by atoms with Crippen molar-refractivity contribution in [1.82, 2.24) is 0 Å². The number of nitrogens with zero attached hydrogens (tertiary/aromatic N) is 1. The van der Waals surface area contributed by atoms with Crippen LogP contribution < -0.4 is 10.6 Å². The number of nitrogen functional groups attached to an aromatic ring is 1. The van der Waals surface area contributed by atoms with E-state index in [2.05, 4.69) is 18.7 Å². The van der Waals surface area contributed by atoms with E-state index in [4.69, 9.17) is 22.1 Å². The summed E-state index contributed by atoms with van der Waals surface area (Å²) in [6, 6.07) is 5.57. The molecule has 1 aromatic carbocycles. The van der Waals surface area contributed by atoms with Gasteiger partial charge in [0.05, 0.1) is 23.6 Å². The standard InChI is InChI=1S/C12H17ClN2O/c1-12(2)8-15(5-6-16-12)11-7-9(13)3-4-10(11)14/h3-4,7H,5-6,8,14H2,1-2H3. The molecule has 0 amide bonds. The second kappa shape index (κ2) is 4.15. The van der Waals surface area contributed by atoms with Gasteiger partial charge in [-0.25, -0.2) is 0 Å². The second-order valence-electron chi connectivity index (χ2n) is 4.73. The van der Waals surface area contributed by atoms with Crippen LogP contribution in [0.15, 0.2) is 18.2 Å². The van der Waals surface area contributed by atoms with Crippen LogP contribution in [0.1, 0.15) is 13.8 Å². The Morgan fingerprint density at radius 3 is 2.88 bits per heavy atom. The number of ether oxygens (including phenoxy) is 1. The molecule has 1 saturated heterocycles. The molecule has 4 heteroatoms. The molecule has 0 bridgehead atoms. The highest BCUT2D eigenvalue weighted by Crippen LogP contribution is 2.30. The molecule has 0 unspecified atom stereocenters. The van der Waals surface area contributed by atoms with Gasteiger partial charge in [-0.1, -0.05) is 11.6 Å². The third-order valence-electron chi connectivity index (χ3n) is 2.76. The van der Waals surface area contributed by atoms with Crippen molar-refractivity contribution >= 4 is 23.0 Å². The van der Waals surface area contributed by atoms with E-state index in [9.17, 15) is 0 Å². The van der Waals surface area contributed by atoms with Crippen molar-refractivity contribution in [3.8, 4) is 0 Å². The molecule has 0 spiro atoms. The van der Waals surface area contributed by atoms with Gasteiger partial charge in [-0.3, -0.25) is 0 Å². The lowest BCUT2D eigenvalue weighted by molar-refractivity contribution is -0.0276. The Morgan fingerprint density at radius 1 is 1.44 bits per heavy atom. The molecule has 2 N–H and O–H groups in total.